The number of hydrogen-bond acceptors (Lipinski definition) is 2. The minimum absolute atomic E-state index is 0.0212. The van der Waals surface area contributed by atoms with Gasteiger partial charge in [-0.2, -0.15) is 5.10 Å². The second kappa shape index (κ2) is 4.72. The number of hydrogen-bond donors (Lipinski definition) is 1. The molecule has 5 heteroatoms. The van der Waals surface area contributed by atoms with E-state index >= 15 is 0 Å². The topological polar surface area (TPSA) is 43.0 Å². The van der Waals surface area contributed by atoms with Crippen LogP contribution >= 0.6 is 11.6 Å². The smallest absolute Gasteiger partial charge is 0.0821 e. The predicted octanol–water partition coefficient (Wildman–Crippen LogP) is 2.57. The van der Waals surface area contributed by atoms with Gasteiger partial charge in [-0.05, 0) is 18.2 Å². The van der Waals surface area contributed by atoms with Crippen molar-refractivity contribution in [2.24, 2.45) is 7.05 Å². The first-order chi connectivity index (χ1) is 9.17. The Balaban J connectivity index is 2.09. The van der Waals surface area contributed by atoms with Crippen molar-refractivity contribution >= 4 is 22.5 Å². The Bertz CT molecular complexity index is 729. The third kappa shape index (κ3) is 2.25. The molecule has 0 spiro atoms. The lowest BCUT2D eigenvalue weighted by Crippen LogP contribution is -2.00. The average Bonchev–Trinajstić information content (AvgIpc) is 2.94. The predicted molar refractivity (Wildman–Crippen MR) is 75.2 cm³/mol. The maximum Gasteiger partial charge on any atom is 0.0821 e. The van der Waals surface area contributed by atoms with Crippen molar-refractivity contribution in [1.82, 2.24) is 14.3 Å². The maximum atomic E-state index is 9.42. The Morgan fingerprint density at radius 3 is 2.84 bits per heavy atom. The fourth-order valence-corrected chi connectivity index (χ4v) is 2.49. The van der Waals surface area contributed by atoms with E-state index in [0.29, 0.717) is 11.6 Å². The molecule has 0 radical (unpaired) electrons. The quantitative estimate of drug-likeness (QED) is 0.798. The van der Waals surface area contributed by atoms with Crippen molar-refractivity contribution in [3.63, 3.8) is 0 Å². The lowest BCUT2D eigenvalue weighted by molar-refractivity contribution is 0.283. The molecule has 0 fully saturated rings. The average molecular weight is 276 g/mol. The summed E-state index contributed by atoms with van der Waals surface area (Å²) < 4.78 is 3.84. The largest absolute Gasteiger partial charge is 0.392 e. The number of fused-ring (bicyclic) bond motifs is 1. The van der Waals surface area contributed by atoms with Gasteiger partial charge in [0.15, 0.2) is 0 Å². The molecule has 3 rings (SSSR count). The number of aliphatic hydroxyl groups is 1. The molecular weight excluding hydrogens is 262 g/mol. The first kappa shape index (κ1) is 12.3. The van der Waals surface area contributed by atoms with E-state index in [2.05, 4.69) is 9.67 Å². The Morgan fingerprint density at radius 2 is 2.16 bits per heavy atom. The number of aryl methyl sites for hydroxylation is 1. The van der Waals surface area contributed by atoms with Gasteiger partial charge >= 0.3 is 0 Å². The maximum absolute atomic E-state index is 9.42. The van der Waals surface area contributed by atoms with Crippen LogP contribution in [0.4, 0.5) is 0 Å². The molecule has 0 unspecified atom stereocenters. The minimum Gasteiger partial charge on any atom is -0.392 e. The summed E-state index contributed by atoms with van der Waals surface area (Å²) >= 11 is 6.05. The monoisotopic (exact) mass is 275 g/mol. The number of aliphatic hydroxyl groups excluding tert-OH is 1. The molecule has 19 heavy (non-hydrogen) atoms. The molecule has 0 saturated heterocycles. The van der Waals surface area contributed by atoms with Gasteiger partial charge in [0, 0.05) is 35.4 Å². The van der Waals surface area contributed by atoms with Gasteiger partial charge < -0.3 is 9.67 Å². The van der Waals surface area contributed by atoms with Crippen LogP contribution in [0.5, 0.6) is 0 Å². The zero-order chi connectivity index (χ0) is 13.4. The van der Waals surface area contributed by atoms with Crippen molar-refractivity contribution in [2.45, 2.75) is 13.2 Å². The van der Waals surface area contributed by atoms with Crippen LogP contribution in [0.3, 0.4) is 0 Å². The Kier molecular flexibility index (Phi) is 3.05. The summed E-state index contributed by atoms with van der Waals surface area (Å²) in [7, 11) is 1.90. The number of benzene rings is 1. The molecule has 0 aliphatic heterocycles. The van der Waals surface area contributed by atoms with Crippen LogP contribution in [0.1, 0.15) is 11.3 Å². The molecule has 98 valence electrons. The van der Waals surface area contributed by atoms with Crippen molar-refractivity contribution in [2.75, 3.05) is 0 Å². The summed E-state index contributed by atoms with van der Waals surface area (Å²) in [4.78, 5) is 0. The zero-order valence-corrected chi connectivity index (χ0v) is 11.3. The SMILES string of the molecule is Cn1ccc(Cn2cc(CO)c3ccc(Cl)cc32)n1. The van der Waals surface area contributed by atoms with E-state index in [4.69, 9.17) is 11.6 Å². The molecule has 0 saturated carbocycles. The van der Waals surface area contributed by atoms with Crippen LogP contribution < -0.4 is 0 Å². The molecule has 1 aromatic carbocycles. The molecule has 0 atom stereocenters. The molecule has 3 aromatic rings. The lowest BCUT2D eigenvalue weighted by atomic mass is 10.2. The third-order valence-corrected chi connectivity index (χ3v) is 3.43. The number of nitrogens with zero attached hydrogens (tertiary/aromatic N) is 3. The molecule has 4 nitrogen and oxygen atoms in total. The van der Waals surface area contributed by atoms with Crippen molar-refractivity contribution in [3.8, 4) is 0 Å². The molecule has 0 amide bonds. The van der Waals surface area contributed by atoms with E-state index in [1.165, 1.54) is 0 Å². The van der Waals surface area contributed by atoms with Crippen LogP contribution in [0.2, 0.25) is 5.02 Å². The van der Waals surface area contributed by atoms with E-state index < -0.39 is 0 Å². The van der Waals surface area contributed by atoms with Gasteiger partial charge in [-0.3, -0.25) is 4.68 Å². The van der Waals surface area contributed by atoms with E-state index in [0.717, 1.165) is 22.2 Å². The summed E-state index contributed by atoms with van der Waals surface area (Å²) in [5.74, 6) is 0. The second-order valence-corrected chi connectivity index (χ2v) is 5.02. The highest BCUT2D eigenvalue weighted by atomic mass is 35.5. The number of halogens is 1. The van der Waals surface area contributed by atoms with Crippen molar-refractivity contribution < 1.29 is 5.11 Å². The summed E-state index contributed by atoms with van der Waals surface area (Å²) in [5, 5.41) is 15.5. The van der Waals surface area contributed by atoms with Crippen LogP contribution in [-0.4, -0.2) is 19.5 Å². The lowest BCUT2D eigenvalue weighted by Gasteiger charge is -2.03. The van der Waals surface area contributed by atoms with Gasteiger partial charge in [-0.1, -0.05) is 17.7 Å². The molecule has 2 heterocycles. The molecular formula is C14H14ClN3O. The summed E-state index contributed by atoms with van der Waals surface area (Å²) in [5.41, 5.74) is 2.90. The number of aromatic nitrogens is 3. The van der Waals surface area contributed by atoms with Crippen molar-refractivity contribution in [3.05, 3.63) is 52.9 Å². The first-order valence-electron chi connectivity index (χ1n) is 6.04. The summed E-state index contributed by atoms with van der Waals surface area (Å²) in [6, 6.07) is 7.68. The third-order valence-electron chi connectivity index (χ3n) is 3.20. The summed E-state index contributed by atoms with van der Waals surface area (Å²) in [6.07, 6.45) is 3.87. The highest BCUT2D eigenvalue weighted by Crippen LogP contribution is 2.25. The normalized spacial score (nSPS) is 11.3. The second-order valence-electron chi connectivity index (χ2n) is 4.58. The zero-order valence-electron chi connectivity index (χ0n) is 10.5. The Hall–Kier alpha value is -1.78. The van der Waals surface area contributed by atoms with Gasteiger partial charge in [-0.15, -0.1) is 0 Å². The van der Waals surface area contributed by atoms with E-state index in [1.54, 1.807) is 4.68 Å². The van der Waals surface area contributed by atoms with Gasteiger partial charge in [0.05, 0.1) is 24.4 Å². The van der Waals surface area contributed by atoms with Crippen LogP contribution in [0.25, 0.3) is 10.9 Å². The van der Waals surface area contributed by atoms with E-state index in [-0.39, 0.29) is 6.61 Å². The van der Waals surface area contributed by atoms with Gasteiger partial charge in [0.2, 0.25) is 0 Å². The highest BCUT2D eigenvalue weighted by molar-refractivity contribution is 6.31. The van der Waals surface area contributed by atoms with Gasteiger partial charge in [0.1, 0.15) is 0 Å². The molecule has 0 bridgehead atoms. The molecule has 1 N–H and O–H groups in total. The summed E-state index contributed by atoms with van der Waals surface area (Å²) in [6.45, 7) is 0.686. The van der Waals surface area contributed by atoms with Crippen LogP contribution in [0, 0.1) is 0 Å². The van der Waals surface area contributed by atoms with Crippen LogP contribution in [-0.2, 0) is 20.2 Å². The Morgan fingerprint density at radius 1 is 1.32 bits per heavy atom. The minimum atomic E-state index is 0.0212. The molecule has 0 aliphatic carbocycles. The molecule has 0 aliphatic rings. The van der Waals surface area contributed by atoms with E-state index in [1.807, 2.05) is 43.7 Å². The highest BCUT2D eigenvalue weighted by Gasteiger charge is 2.09. The first-order valence-corrected chi connectivity index (χ1v) is 6.42. The Labute approximate surface area is 115 Å². The standard InChI is InChI=1S/C14H14ClN3O/c1-17-5-4-12(16-17)8-18-7-10(9-19)13-3-2-11(15)6-14(13)18/h2-7,19H,8-9H2,1H3. The van der Waals surface area contributed by atoms with E-state index in [9.17, 15) is 5.11 Å². The van der Waals surface area contributed by atoms with Gasteiger partial charge in [-0.25, -0.2) is 0 Å². The van der Waals surface area contributed by atoms with Gasteiger partial charge in [0.25, 0.3) is 0 Å². The fraction of sp³-hybridized carbons (Fsp3) is 0.214. The number of rotatable bonds is 3. The van der Waals surface area contributed by atoms with Crippen LogP contribution in [0.15, 0.2) is 36.7 Å². The fourth-order valence-electron chi connectivity index (χ4n) is 2.32. The molecule has 2 aromatic heterocycles. The van der Waals surface area contributed by atoms with Crippen molar-refractivity contribution in [1.29, 1.82) is 0 Å².